The lowest BCUT2D eigenvalue weighted by Crippen LogP contribution is -2.36. The zero-order valence-corrected chi connectivity index (χ0v) is 27.1. The van der Waals surface area contributed by atoms with Gasteiger partial charge in [0.2, 0.25) is 0 Å². The number of nitrogens with one attached hydrogen (secondary N) is 1. The maximum absolute atomic E-state index is 14.2. The van der Waals surface area contributed by atoms with Crippen LogP contribution in [0.25, 0.3) is 27.6 Å². The van der Waals surface area contributed by atoms with Crippen molar-refractivity contribution in [3.63, 3.8) is 0 Å². The molecule has 1 saturated carbocycles. The van der Waals surface area contributed by atoms with Gasteiger partial charge < -0.3 is 29.5 Å². The number of hydrogen-bond acceptors (Lipinski definition) is 8. The lowest BCUT2D eigenvalue weighted by atomic mass is 9.98. The van der Waals surface area contributed by atoms with Crippen LogP contribution in [0.15, 0.2) is 82.6 Å². The summed E-state index contributed by atoms with van der Waals surface area (Å²) in [4.78, 5) is 36.3. The average molecular weight is 633 g/mol. The van der Waals surface area contributed by atoms with Gasteiger partial charge in [0.25, 0.3) is 11.1 Å². The summed E-state index contributed by atoms with van der Waals surface area (Å²) in [5.74, 6) is 1.14. The topological polar surface area (TPSA) is 105 Å². The van der Waals surface area contributed by atoms with Gasteiger partial charge in [0.15, 0.2) is 0 Å². The fourth-order valence-corrected chi connectivity index (χ4v) is 6.54. The van der Waals surface area contributed by atoms with Gasteiger partial charge in [0, 0.05) is 55.1 Å². The minimum absolute atomic E-state index is 0.122. The Balaban J connectivity index is 1.29. The highest BCUT2D eigenvalue weighted by Gasteiger charge is 2.25. The number of rotatable bonds is 9. The number of hydrogen-bond donors (Lipinski definition) is 2. The van der Waals surface area contributed by atoms with E-state index >= 15 is 0 Å². The van der Waals surface area contributed by atoms with E-state index in [9.17, 15) is 14.7 Å². The summed E-state index contributed by atoms with van der Waals surface area (Å²) < 4.78 is 8.71. The van der Waals surface area contributed by atoms with Crippen LogP contribution in [0.2, 0.25) is 0 Å². The summed E-state index contributed by atoms with van der Waals surface area (Å²) in [5.41, 5.74) is 5.81. The minimum Gasteiger partial charge on any atom is -0.392 e. The van der Waals surface area contributed by atoms with E-state index in [0.29, 0.717) is 53.8 Å². The zero-order chi connectivity index (χ0) is 32.7. The molecule has 4 heterocycles. The molecule has 2 aromatic carbocycles. The molecule has 1 aliphatic carbocycles. The number of benzene rings is 2. The summed E-state index contributed by atoms with van der Waals surface area (Å²) in [6, 6.07) is 19.6. The number of pyridine rings is 3. The number of aromatic nitrogens is 3. The van der Waals surface area contributed by atoms with E-state index in [4.69, 9.17) is 4.74 Å². The number of aliphatic hydroxyl groups is 1. The molecule has 0 unspecified atom stereocenters. The minimum atomic E-state index is -0.297. The van der Waals surface area contributed by atoms with E-state index in [-0.39, 0.29) is 17.7 Å². The molecule has 1 saturated heterocycles. The van der Waals surface area contributed by atoms with E-state index in [1.165, 1.54) is 23.0 Å². The second-order valence-electron chi connectivity index (χ2n) is 12.8. The van der Waals surface area contributed by atoms with Crippen LogP contribution in [0.3, 0.4) is 0 Å². The summed E-state index contributed by atoms with van der Waals surface area (Å²) in [6.45, 7) is 3.24. The fourth-order valence-electron chi connectivity index (χ4n) is 6.54. The normalized spacial score (nSPS) is 15.0. The molecule has 0 atom stereocenters. The van der Waals surface area contributed by atoms with Gasteiger partial charge in [-0.25, -0.2) is 4.98 Å². The van der Waals surface area contributed by atoms with Gasteiger partial charge >= 0.3 is 0 Å². The van der Waals surface area contributed by atoms with E-state index in [1.807, 2.05) is 55.4 Å². The van der Waals surface area contributed by atoms with Crippen LogP contribution in [-0.4, -0.2) is 64.5 Å². The number of ether oxygens (including phenoxy) is 1. The molecule has 0 radical (unpaired) electrons. The molecule has 7 rings (SSSR count). The maximum Gasteiger partial charge on any atom is 0.274 e. The largest absolute Gasteiger partial charge is 0.392 e. The molecule has 5 aromatic rings. The van der Waals surface area contributed by atoms with Crippen molar-refractivity contribution in [1.29, 1.82) is 0 Å². The van der Waals surface area contributed by atoms with Crippen molar-refractivity contribution in [1.82, 2.24) is 19.0 Å². The smallest absolute Gasteiger partial charge is 0.274 e. The van der Waals surface area contributed by atoms with Crippen LogP contribution < -0.4 is 21.3 Å². The van der Waals surface area contributed by atoms with Gasteiger partial charge in [0.1, 0.15) is 11.5 Å². The number of aliphatic hydroxyl groups excluding tert-OH is 1. The predicted molar refractivity (Wildman–Crippen MR) is 186 cm³/mol. The Morgan fingerprint density at radius 2 is 1.81 bits per heavy atom. The SMILES string of the molecule is CN(C)Cc1cc2cc(C3CC3)ccc2c(=O)n1-c1cccc(-c2cc(Nc3ccc(N4CCOCC4)cn3)c(=O)n(C)c2)c1CO. The molecule has 0 bridgehead atoms. The third kappa shape index (κ3) is 6.19. The molecule has 10 heteroatoms. The van der Waals surface area contributed by atoms with Crippen molar-refractivity contribution in [3.8, 4) is 16.8 Å². The molecule has 1 aliphatic heterocycles. The van der Waals surface area contributed by atoms with E-state index in [1.54, 1.807) is 30.1 Å². The van der Waals surface area contributed by atoms with E-state index in [2.05, 4.69) is 33.4 Å². The third-order valence-electron chi connectivity index (χ3n) is 9.08. The molecule has 242 valence electrons. The Labute approximate surface area is 273 Å². The highest BCUT2D eigenvalue weighted by Crippen LogP contribution is 2.41. The monoisotopic (exact) mass is 632 g/mol. The molecular formula is C37H40N6O4. The molecule has 3 aromatic heterocycles. The van der Waals surface area contributed by atoms with Gasteiger partial charge in [-0.05, 0) is 85.8 Å². The maximum atomic E-state index is 14.2. The molecular weight excluding hydrogens is 592 g/mol. The Morgan fingerprint density at radius 1 is 1.00 bits per heavy atom. The number of fused-ring (bicyclic) bond motifs is 1. The fraction of sp³-hybridized carbons (Fsp3) is 0.324. The van der Waals surface area contributed by atoms with Crippen molar-refractivity contribution in [2.45, 2.75) is 31.9 Å². The van der Waals surface area contributed by atoms with Crippen LogP contribution in [0, 0.1) is 0 Å². The quantitative estimate of drug-likeness (QED) is 0.240. The Morgan fingerprint density at radius 3 is 2.51 bits per heavy atom. The second kappa shape index (κ2) is 12.8. The molecule has 0 spiro atoms. The lowest BCUT2D eigenvalue weighted by Gasteiger charge is -2.28. The first-order valence-electron chi connectivity index (χ1n) is 16.1. The molecule has 0 amide bonds. The number of anilines is 3. The summed E-state index contributed by atoms with van der Waals surface area (Å²) in [7, 11) is 5.66. The Hall–Kier alpha value is -4.77. The van der Waals surface area contributed by atoms with Gasteiger partial charge in [-0.1, -0.05) is 24.3 Å². The van der Waals surface area contributed by atoms with Crippen LogP contribution in [0.1, 0.15) is 35.6 Å². The van der Waals surface area contributed by atoms with Gasteiger partial charge in [-0.3, -0.25) is 14.2 Å². The van der Waals surface area contributed by atoms with Crippen LogP contribution in [-0.2, 0) is 24.9 Å². The highest BCUT2D eigenvalue weighted by molar-refractivity contribution is 5.84. The molecule has 2 aliphatic rings. The average Bonchev–Trinajstić information content (AvgIpc) is 3.93. The first-order chi connectivity index (χ1) is 22.8. The van der Waals surface area contributed by atoms with Crippen molar-refractivity contribution < 1.29 is 9.84 Å². The van der Waals surface area contributed by atoms with Gasteiger partial charge in [-0.2, -0.15) is 0 Å². The molecule has 10 nitrogen and oxygen atoms in total. The highest BCUT2D eigenvalue weighted by atomic mass is 16.5. The number of nitrogens with zero attached hydrogens (tertiary/aromatic N) is 5. The third-order valence-corrected chi connectivity index (χ3v) is 9.08. The van der Waals surface area contributed by atoms with Crippen molar-refractivity contribution >= 4 is 28.0 Å². The zero-order valence-electron chi connectivity index (χ0n) is 27.1. The van der Waals surface area contributed by atoms with E-state index < -0.39 is 0 Å². The van der Waals surface area contributed by atoms with Crippen molar-refractivity contribution in [2.24, 2.45) is 7.05 Å². The summed E-state index contributed by atoms with van der Waals surface area (Å²) in [6.07, 6.45) is 5.94. The van der Waals surface area contributed by atoms with Gasteiger partial charge in [0.05, 0.1) is 37.4 Å². The number of morpholine rings is 1. The predicted octanol–water partition coefficient (Wildman–Crippen LogP) is 4.76. The second-order valence-corrected chi connectivity index (χ2v) is 12.8. The Bertz CT molecular complexity index is 2060. The van der Waals surface area contributed by atoms with E-state index in [0.717, 1.165) is 41.0 Å². The molecule has 2 fully saturated rings. The first kappa shape index (κ1) is 30.9. The van der Waals surface area contributed by atoms with Crippen LogP contribution >= 0.6 is 0 Å². The summed E-state index contributed by atoms with van der Waals surface area (Å²) in [5, 5.41) is 15.6. The van der Waals surface area contributed by atoms with Crippen LogP contribution in [0.4, 0.5) is 17.2 Å². The Kier molecular flexibility index (Phi) is 8.40. The summed E-state index contributed by atoms with van der Waals surface area (Å²) >= 11 is 0. The van der Waals surface area contributed by atoms with Crippen molar-refractivity contribution in [2.75, 3.05) is 50.6 Å². The number of aryl methyl sites for hydroxylation is 1. The molecule has 2 N–H and O–H groups in total. The standard InChI is InChI=1S/C37H40N6O4/c1-40(2)22-29-18-26-17-25(24-7-8-24)9-11-31(26)36(45)43(29)34-6-4-5-30(32(34)23-44)27-19-33(37(46)41(3)21-27)39-35-12-10-28(20-38-35)42-13-15-47-16-14-42/h4-6,9-12,17-21,24,44H,7-8,13-16,22-23H2,1-3H3,(H,38,39). The first-order valence-corrected chi connectivity index (χ1v) is 16.1. The lowest BCUT2D eigenvalue weighted by molar-refractivity contribution is 0.122. The molecule has 47 heavy (non-hydrogen) atoms. The van der Waals surface area contributed by atoms with Crippen LogP contribution in [0.5, 0.6) is 0 Å². The van der Waals surface area contributed by atoms with Crippen molar-refractivity contribution in [3.05, 3.63) is 111 Å². The van der Waals surface area contributed by atoms with Gasteiger partial charge in [-0.15, -0.1) is 0 Å².